The van der Waals surface area contributed by atoms with Crippen LogP contribution in [0, 0.1) is 6.92 Å². The van der Waals surface area contributed by atoms with Gasteiger partial charge in [0.25, 0.3) is 10.0 Å². The fraction of sp³-hybridized carbons (Fsp3) is 0.222. The lowest BCUT2D eigenvalue weighted by molar-refractivity contribution is 0.104. The van der Waals surface area contributed by atoms with Crippen molar-refractivity contribution in [2.75, 3.05) is 25.1 Å². The number of Topliss-reactive ketones (excluding diaryl/α,β-unsaturated/α-hetero) is 1. The predicted octanol–water partition coefficient (Wildman–Crippen LogP) is 4.22. The van der Waals surface area contributed by atoms with Crippen LogP contribution in [0.5, 0.6) is 11.5 Å². The summed E-state index contributed by atoms with van der Waals surface area (Å²) in [5.41, 5.74) is 3.66. The molecule has 3 aromatic carbocycles. The number of aryl methyl sites for hydroxylation is 1. The molecule has 0 radical (unpaired) electrons. The van der Waals surface area contributed by atoms with Crippen LogP contribution in [0.3, 0.4) is 0 Å². The van der Waals surface area contributed by atoms with E-state index in [1.54, 1.807) is 38.5 Å². The smallest absolute Gasteiger partial charge is 0.270 e. The number of carbonyl (C=O) groups is 1. The Balaban J connectivity index is 1.57. The minimum atomic E-state index is -4.05. The molecule has 0 spiro atoms. The van der Waals surface area contributed by atoms with Gasteiger partial charge in [0.2, 0.25) is 5.78 Å². The Morgan fingerprint density at radius 3 is 2.31 bits per heavy atom. The maximum atomic E-state index is 13.5. The molecule has 0 fully saturated rings. The Kier molecular flexibility index (Phi) is 7.12. The van der Waals surface area contributed by atoms with E-state index in [2.05, 4.69) is 5.32 Å². The molecule has 0 saturated carbocycles. The molecule has 0 amide bonds. The molecule has 0 bridgehead atoms. The fourth-order valence-corrected chi connectivity index (χ4v) is 5.52. The van der Waals surface area contributed by atoms with Gasteiger partial charge < -0.3 is 14.8 Å². The monoisotopic (exact) mass is 492 g/mol. The number of nitrogens with one attached hydrogen (secondary N) is 1. The molecule has 8 heteroatoms. The number of hydrogen-bond donors (Lipinski definition) is 1. The minimum absolute atomic E-state index is 0.135. The minimum Gasteiger partial charge on any atom is -0.493 e. The topological polar surface area (TPSA) is 84.9 Å². The molecule has 4 rings (SSSR count). The number of sulfonamides is 1. The van der Waals surface area contributed by atoms with Crippen LogP contribution in [0.1, 0.15) is 27.0 Å². The Hall–Kier alpha value is -3.78. The summed E-state index contributed by atoms with van der Waals surface area (Å²) < 4.78 is 39.0. The Bertz CT molecular complexity index is 1360. The zero-order chi connectivity index (χ0) is 25.0. The zero-order valence-electron chi connectivity index (χ0n) is 19.9. The lowest BCUT2D eigenvalue weighted by Gasteiger charge is -2.31. The number of carbonyl (C=O) groups excluding carboxylic acids is 1. The van der Waals surface area contributed by atoms with Gasteiger partial charge in [-0.25, -0.2) is 8.42 Å². The molecule has 0 unspecified atom stereocenters. The number of para-hydroxylation sites is 1. The number of ether oxygens (including phenoxy) is 2. The number of rotatable bonds is 8. The van der Waals surface area contributed by atoms with E-state index < -0.39 is 15.8 Å². The molecular formula is C27H28N2O5S. The van der Waals surface area contributed by atoms with E-state index in [-0.39, 0.29) is 11.4 Å². The Morgan fingerprint density at radius 2 is 1.60 bits per heavy atom. The first-order valence-corrected chi connectivity index (χ1v) is 12.7. The molecule has 35 heavy (non-hydrogen) atoms. The average molecular weight is 493 g/mol. The first-order chi connectivity index (χ1) is 16.8. The maximum absolute atomic E-state index is 13.5. The van der Waals surface area contributed by atoms with Crippen molar-refractivity contribution >= 4 is 21.5 Å². The van der Waals surface area contributed by atoms with Crippen molar-refractivity contribution in [2.45, 2.75) is 19.9 Å². The first-order valence-electron chi connectivity index (χ1n) is 11.2. The van der Waals surface area contributed by atoms with Gasteiger partial charge >= 0.3 is 0 Å². The number of ketones is 1. The van der Waals surface area contributed by atoms with Gasteiger partial charge in [-0.15, -0.1) is 0 Å². The van der Waals surface area contributed by atoms with Gasteiger partial charge in [-0.2, -0.15) is 0 Å². The number of benzene rings is 3. The number of nitrogens with zero attached hydrogens (tertiary/aromatic N) is 1. The van der Waals surface area contributed by atoms with Crippen LogP contribution < -0.4 is 19.1 Å². The molecule has 1 heterocycles. The average Bonchev–Trinajstić information content (AvgIpc) is 2.87. The number of anilines is 1. The van der Waals surface area contributed by atoms with Crippen LogP contribution in [-0.4, -0.2) is 35.0 Å². The van der Waals surface area contributed by atoms with Crippen molar-refractivity contribution in [3.05, 3.63) is 100 Å². The second-order valence-electron chi connectivity index (χ2n) is 8.25. The van der Waals surface area contributed by atoms with Crippen molar-refractivity contribution in [3.63, 3.8) is 0 Å². The van der Waals surface area contributed by atoms with Crippen LogP contribution in [0.25, 0.3) is 0 Å². The van der Waals surface area contributed by atoms with Gasteiger partial charge in [-0.3, -0.25) is 9.10 Å². The number of hydrogen-bond acceptors (Lipinski definition) is 6. The number of allylic oxidation sites excluding steroid dienone is 1. The zero-order valence-corrected chi connectivity index (χ0v) is 20.8. The second kappa shape index (κ2) is 10.2. The SMILES string of the molecule is COc1ccc(CCNC=C2C(=O)c3ccccc3N(Cc3ccc(C)cc3)S2(=O)=O)cc1OC. The van der Waals surface area contributed by atoms with Crippen molar-refractivity contribution in [2.24, 2.45) is 0 Å². The fourth-order valence-electron chi connectivity index (χ4n) is 3.97. The van der Waals surface area contributed by atoms with Gasteiger partial charge in [0.1, 0.15) is 0 Å². The molecule has 182 valence electrons. The highest BCUT2D eigenvalue weighted by Crippen LogP contribution is 2.36. The van der Waals surface area contributed by atoms with Gasteiger partial charge in [0.05, 0.1) is 26.5 Å². The molecule has 1 N–H and O–H groups in total. The summed E-state index contributed by atoms with van der Waals surface area (Å²) in [6.07, 6.45) is 1.92. The van der Waals surface area contributed by atoms with E-state index in [0.717, 1.165) is 16.7 Å². The summed E-state index contributed by atoms with van der Waals surface area (Å²) in [7, 11) is -0.904. The van der Waals surface area contributed by atoms with E-state index in [4.69, 9.17) is 9.47 Å². The lowest BCUT2D eigenvalue weighted by Crippen LogP contribution is -2.39. The van der Waals surface area contributed by atoms with E-state index in [9.17, 15) is 13.2 Å². The number of fused-ring (bicyclic) bond motifs is 1. The van der Waals surface area contributed by atoms with Crippen LogP contribution in [-0.2, 0) is 23.0 Å². The van der Waals surface area contributed by atoms with E-state index in [0.29, 0.717) is 35.7 Å². The summed E-state index contributed by atoms with van der Waals surface area (Å²) in [5.74, 6) is 0.744. The van der Waals surface area contributed by atoms with Gasteiger partial charge in [-0.05, 0) is 48.7 Å². The molecule has 0 aliphatic carbocycles. The first kappa shape index (κ1) is 24.3. The summed E-state index contributed by atoms with van der Waals surface area (Å²) in [6, 6.07) is 20.1. The molecule has 0 saturated heterocycles. The highest BCUT2D eigenvalue weighted by atomic mass is 32.2. The Labute approximate surface area is 206 Å². The summed E-state index contributed by atoms with van der Waals surface area (Å²) >= 11 is 0. The summed E-state index contributed by atoms with van der Waals surface area (Å²) in [4.78, 5) is 12.9. The molecule has 0 atom stereocenters. The van der Waals surface area contributed by atoms with Crippen molar-refractivity contribution in [1.82, 2.24) is 5.32 Å². The van der Waals surface area contributed by atoms with Crippen molar-refractivity contribution in [1.29, 1.82) is 0 Å². The summed E-state index contributed by atoms with van der Waals surface area (Å²) in [6.45, 7) is 2.54. The standard InChI is InChI=1S/C27H28N2O5S/c1-19-8-10-21(11-9-19)18-29-23-7-5-4-6-22(23)27(30)26(35(29,31)32)17-28-15-14-20-12-13-24(33-2)25(16-20)34-3/h4-13,16-17,28H,14-15,18H2,1-3H3. The van der Waals surface area contributed by atoms with Gasteiger partial charge in [-0.1, -0.05) is 48.0 Å². The highest BCUT2D eigenvalue weighted by Gasteiger charge is 2.39. The van der Waals surface area contributed by atoms with Gasteiger partial charge in [0, 0.05) is 18.3 Å². The van der Waals surface area contributed by atoms with Crippen LogP contribution >= 0.6 is 0 Å². The third-order valence-corrected chi connectivity index (χ3v) is 7.66. The molecule has 1 aliphatic heterocycles. The molecule has 3 aromatic rings. The number of methoxy groups -OCH3 is 2. The van der Waals surface area contributed by atoms with E-state index in [1.165, 1.54) is 10.5 Å². The Morgan fingerprint density at radius 1 is 0.914 bits per heavy atom. The molecule has 0 aromatic heterocycles. The molecule has 7 nitrogen and oxygen atoms in total. The molecular weight excluding hydrogens is 464 g/mol. The van der Waals surface area contributed by atoms with Crippen molar-refractivity contribution < 1.29 is 22.7 Å². The van der Waals surface area contributed by atoms with Crippen LogP contribution in [0.2, 0.25) is 0 Å². The normalized spacial score (nSPS) is 15.6. The highest BCUT2D eigenvalue weighted by molar-refractivity contribution is 7.97. The predicted molar refractivity (Wildman–Crippen MR) is 136 cm³/mol. The second-order valence-corrected chi connectivity index (χ2v) is 10.1. The summed E-state index contributed by atoms with van der Waals surface area (Å²) in [5, 5.41) is 3.02. The van der Waals surface area contributed by atoms with Crippen LogP contribution in [0.15, 0.2) is 77.8 Å². The molecule has 1 aliphatic rings. The van der Waals surface area contributed by atoms with Gasteiger partial charge in [0.15, 0.2) is 16.4 Å². The van der Waals surface area contributed by atoms with E-state index in [1.807, 2.05) is 49.4 Å². The quantitative estimate of drug-likeness (QED) is 0.374. The van der Waals surface area contributed by atoms with Crippen molar-refractivity contribution in [3.8, 4) is 11.5 Å². The largest absolute Gasteiger partial charge is 0.493 e. The lowest BCUT2D eigenvalue weighted by atomic mass is 10.1. The van der Waals surface area contributed by atoms with E-state index >= 15 is 0 Å². The maximum Gasteiger partial charge on any atom is 0.270 e. The third kappa shape index (κ3) is 5.02. The van der Waals surface area contributed by atoms with Crippen LogP contribution in [0.4, 0.5) is 5.69 Å². The third-order valence-electron chi connectivity index (χ3n) is 5.90.